The summed E-state index contributed by atoms with van der Waals surface area (Å²) in [6.45, 7) is 0. The largest absolute Gasteiger partial charge is 0.368 e. The van der Waals surface area contributed by atoms with Crippen molar-refractivity contribution < 1.29 is 9.59 Å². The molecule has 1 aromatic carbocycles. The number of rotatable bonds is 5. The summed E-state index contributed by atoms with van der Waals surface area (Å²) >= 11 is 1.53. The van der Waals surface area contributed by atoms with E-state index in [-0.39, 0.29) is 5.91 Å². The third-order valence-corrected chi connectivity index (χ3v) is 5.14. The van der Waals surface area contributed by atoms with Crippen molar-refractivity contribution in [3.63, 3.8) is 0 Å². The van der Waals surface area contributed by atoms with Crippen LogP contribution in [0.2, 0.25) is 0 Å². The number of aryl methyl sites for hydroxylation is 2. The maximum absolute atomic E-state index is 12.3. The molecule has 5 heteroatoms. The average Bonchev–Trinajstić information content (AvgIpc) is 3.08. The van der Waals surface area contributed by atoms with Gasteiger partial charge in [-0.1, -0.05) is 30.3 Å². The Balaban J connectivity index is 1.70. The van der Waals surface area contributed by atoms with Gasteiger partial charge in [-0.3, -0.25) is 9.59 Å². The summed E-state index contributed by atoms with van der Waals surface area (Å²) in [6, 6.07) is 10.8. The molecule has 0 spiro atoms. The number of benzene rings is 1. The number of hydrogen-bond acceptors (Lipinski definition) is 3. The summed E-state index contributed by atoms with van der Waals surface area (Å²) < 4.78 is 0. The molecule has 0 fully saturated rings. The lowest BCUT2D eigenvalue weighted by atomic mass is 10.1. The Kier molecular flexibility index (Phi) is 4.24. The monoisotopic (exact) mass is 314 g/mol. The highest BCUT2D eigenvalue weighted by molar-refractivity contribution is 7.14. The number of thiophene rings is 1. The van der Waals surface area contributed by atoms with Gasteiger partial charge in [0.05, 0.1) is 4.88 Å². The summed E-state index contributed by atoms with van der Waals surface area (Å²) in [4.78, 5) is 25.9. The van der Waals surface area contributed by atoms with Crippen molar-refractivity contribution in [1.82, 2.24) is 5.32 Å². The molecule has 1 heterocycles. The first kappa shape index (κ1) is 14.8. The molecule has 3 rings (SSSR count). The molecule has 0 aliphatic heterocycles. The molecular formula is C17H18N2O2S. The van der Waals surface area contributed by atoms with Gasteiger partial charge < -0.3 is 11.1 Å². The van der Waals surface area contributed by atoms with Gasteiger partial charge >= 0.3 is 0 Å². The van der Waals surface area contributed by atoms with Crippen molar-refractivity contribution in [2.45, 2.75) is 31.7 Å². The number of amides is 2. The van der Waals surface area contributed by atoms with Crippen LogP contribution in [-0.2, 0) is 24.1 Å². The molecule has 4 nitrogen and oxygen atoms in total. The predicted octanol–water partition coefficient (Wildman–Crippen LogP) is 2.06. The molecule has 22 heavy (non-hydrogen) atoms. The maximum Gasteiger partial charge on any atom is 0.262 e. The third-order valence-electron chi connectivity index (χ3n) is 3.90. The van der Waals surface area contributed by atoms with Gasteiger partial charge in [0, 0.05) is 11.3 Å². The molecule has 0 radical (unpaired) electrons. The Morgan fingerprint density at radius 3 is 2.68 bits per heavy atom. The number of carbonyl (C=O) groups excluding carboxylic acids is 2. The van der Waals surface area contributed by atoms with E-state index in [1.54, 1.807) is 0 Å². The van der Waals surface area contributed by atoms with Gasteiger partial charge in [-0.25, -0.2) is 0 Å². The van der Waals surface area contributed by atoms with E-state index in [2.05, 4.69) is 5.32 Å². The van der Waals surface area contributed by atoms with Gasteiger partial charge in [-0.15, -0.1) is 11.3 Å². The minimum atomic E-state index is -0.688. The van der Waals surface area contributed by atoms with Crippen molar-refractivity contribution in [3.8, 4) is 0 Å². The zero-order valence-corrected chi connectivity index (χ0v) is 13.0. The highest BCUT2D eigenvalue weighted by atomic mass is 32.1. The van der Waals surface area contributed by atoms with Crippen molar-refractivity contribution in [2.75, 3.05) is 0 Å². The number of nitrogens with one attached hydrogen (secondary N) is 1. The molecule has 0 bridgehead atoms. The topological polar surface area (TPSA) is 72.2 Å². The Morgan fingerprint density at radius 2 is 2.00 bits per heavy atom. The summed E-state index contributed by atoms with van der Waals surface area (Å²) in [5, 5.41) is 2.77. The van der Waals surface area contributed by atoms with E-state index < -0.39 is 11.9 Å². The fourth-order valence-electron chi connectivity index (χ4n) is 2.74. The fraction of sp³-hybridized carbons (Fsp3) is 0.294. The van der Waals surface area contributed by atoms with Crippen molar-refractivity contribution in [2.24, 2.45) is 5.73 Å². The predicted molar refractivity (Wildman–Crippen MR) is 86.9 cm³/mol. The van der Waals surface area contributed by atoms with E-state index in [1.165, 1.54) is 28.2 Å². The Labute approximate surface area is 133 Å². The van der Waals surface area contributed by atoms with Crippen LogP contribution in [0.3, 0.4) is 0 Å². The molecule has 1 unspecified atom stereocenters. The van der Waals surface area contributed by atoms with E-state index in [0.717, 1.165) is 18.4 Å². The number of hydrogen-bond donors (Lipinski definition) is 2. The van der Waals surface area contributed by atoms with Crippen molar-refractivity contribution >= 4 is 23.2 Å². The summed E-state index contributed by atoms with van der Waals surface area (Å²) in [6.07, 6.45) is 3.67. The quantitative estimate of drug-likeness (QED) is 0.886. The van der Waals surface area contributed by atoms with Gasteiger partial charge in [0.15, 0.2) is 0 Å². The second-order valence-corrected chi connectivity index (χ2v) is 6.67. The van der Waals surface area contributed by atoms with Crippen LogP contribution in [0, 0.1) is 0 Å². The molecule has 0 saturated carbocycles. The van der Waals surface area contributed by atoms with Crippen LogP contribution < -0.4 is 11.1 Å². The maximum atomic E-state index is 12.3. The first-order valence-corrected chi connectivity index (χ1v) is 8.21. The summed E-state index contributed by atoms with van der Waals surface area (Å²) in [5.74, 6) is -0.722. The molecule has 3 N–H and O–H groups in total. The van der Waals surface area contributed by atoms with Crippen molar-refractivity contribution in [1.29, 1.82) is 0 Å². The number of nitrogens with two attached hydrogens (primary N) is 1. The standard InChI is InChI=1S/C17H18N2O2S/c18-16(20)13(9-11-5-2-1-3-6-11)19-17(21)15-10-12-7-4-8-14(12)22-15/h1-3,5-6,10,13H,4,7-9H2,(H2,18,20)(H,19,21). The van der Waals surface area contributed by atoms with E-state index >= 15 is 0 Å². The zero-order valence-electron chi connectivity index (χ0n) is 12.2. The van der Waals surface area contributed by atoms with Crippen LogP contribution in [0.4, 0.5) is 0 Å². The molecular weight excluding hydrogens is 296 g/mol. The molecule has 114 valence electrons. The highest BCUT2D eigenvalue weighted by Gasteiger charge is 2.23. The van der Waals surface area contributed by atoms with Gasteiger partial charge in [-0.05, 0) is 36.5 Å². The Morgan fingerprint density at radius 1 is 1.23 bits per heavy atom. The number of carbonyl (C=O) groups is 2. The Hall–Kier alpha value is -2.14. The third kappa shape index (κ3) is 3.20. The minimum Gasteiger partial charge on any atom is -0.368 e. The Bertz CT molecular complexity index is 672. The fourth-order valence-corrected chi connectivity index (χ4v) is 3.90. The van der Waals surface area contributed by atoms with E-state index in [1.807, 2.05) is 36.4 Å². The number of fused-ring (bicyclic) bond motifs is 1. The first-order valence-electron chi connectivity index (χ1n) is 7.39. The van der Waals surface area contributed by atoms with Gasteiger partial charge in [0.1, 0.15) is 6.04 Å². The van der Waals surface area contributed by atoms with Crippen LogP contribution in [0.5, 0.6) is 0 Å². The minimum absolute atomic E-state index is 0.209. The number of primary amides is 1. The molecule has 2 amide bonds. The average molecular weight is 314 g/mol. The normalized spacial score (nSPS) is 14.4. The van der Waals surface area contributed by atoms with Gasteiger partial charge in [0.2, 0.25) is 5.91 Å². The SMILES string of the molecule is NC(=O)C(Cc1ccccc1)NC(=O)c1cc2c(s1)CCC2. The summed E-state index contributed by atoms with van der Waals surface area (Å²) in [7, 11) is 0. The molecule has 1 aliphatic carbocycles. The van der Waals surface area contributed by atoms with Gasteiger partial charge in [0.25, 0.3) is 5.91 Å². The van der Waals surface area contributed by atoms with Gasteiger partial charge in [-0.2, -0.15) is 0 Å². The molecule has 1 aliphatic rings. The highest BCUT2D eigenvalue weighted by Crippen LogP contribution is 2.30. The summed E-state index contributed by atoms with van der Waals surface area (Å²) in [5.41, 5.74) is 7.68. The molecule has 1 atom stereocenters. The smallest absolute Gasteiger partial charge is 0.262 e. The van der Waals surface area contributed by atoms with Crippen LogP contribution in [0.1, 0.15) is 32.1 Å². The van der Waals surface area contributed by atoms with E-state index in [9.17, 15) is 9.59 Å². The zero-order chi connectivity index (χ0) is 15.5. The first-order chi connectivity index (χ1) is 10.6. The van der Waals surface area contributed by atoms with Crippen LogP contribution in [0.25, 0.3) is 0 Å². The molecule has 0 saturated heterocycles. The second-order valence-electron chi connectivity index (χ2n) is 5.53. The lowest BCUT2D eigenvalue weighted by Crippen LogP contribution is -2.45. The lowest BCUT2D eigenvalue weighted by molar-refractivity contribution is -0.119. The molecule has 1 aromatic heterocycles. The van der Waals surface area contributed by atoms with Crippen molar-refractivity contribution in [3.05, 3.63) is 57.3 Å². The van der Waals surface area contributed by atoms with E-state index in [4.69, 9.17) is 5.73 Å². The molecule has 2 aromatic rings. The van der Waals surface area contributed by atoms with Crippen LogP contribution >= 0.6 is 11.3 Å². The van der Waals surface area contributed by atoms with E-state index in [0.29, 0.717) is 11.3 Å². The van der Waals surface area contributed by atoms with Crippen LogP contribution in [0.15, 0.2) is 36.4 Å². The lowest BCUT2D eigenvalue weighted by Gasteiger charge is -2.15. The van der Waals surface area contributed by atoms with Crippen LogP contribution in [-0.4, -0.2) is 17.9 Å². The second kappa shape index (κ2) is 6.32.